The molecule has 0 saturated heterocycles. The SMILES string of the molecule is CCCCCC1(c2ccc(-c3ccc(NCCCC)c(C)c3)cc2C)CCCCC1. The van der Waals surface area contributed by atoms with Gasteiger partial charge in [0.1, 0.15) is 0 Å². The Balaban J connectivity index is 1.82. The Kier molecular flexibility index (Phi) is 8.42. The molecule has 0 amide bonds. The zero-order chi connectivity index (χ0) is 21.4. The Bertz CT molecular complexity index is 798. The third-order valence-electron chi connectivity index (χ3n) is 7.27. The maximum Gasteiger partial charge on any atom is 0.0370 e. The van der Waals surface area contributed by atoms with E-state index in [9.17, 15) is 0 Å². The second-order valence-electron chi connectivity index (χ2n) is 9.64. The molecule has 0 aliphatic heterocycles. The Morgan fingerprint density at radius 1 is 0.767 bits per heavy atom. The van der Waals surface area contributed by atoms with E-state index in [1.165, 1.54) is 98.6 Å². The van der Waals surface area contributed by atoms with Gasteiger partial charge >= 0.3 is 0 Å². The van der Waals surface area contributed by atoms with Gasteiger partial charge in [-0.1, -0.05) is 83.1 Å². The van der Waals surface area contributed by atoms with Crippen LogP contribution in [0.25, 0.3) is 11.1 Å². The second kappa shape index (κ2) is 11.0. The molecule has 1 aliphatic carbocycles. The summed E-state index contributed by atoms with van der Waals surface area (Å²) in [5.74, 6) is 0. The van der Waals surface area contributed by atoms with E-state index >= 15 is 0 Å². The highest BCUT2D eigenvalue weighted by molar-refractivity contribution is 5.69. The van der Waals surface area contributed by atoms with Crippen LogP contribution in [0.5, 0.6) is 0 Å². The Morgan fingerprint density at radius 3 is 2.07 bits per heavy atom. The van der Waals surface area contributed by atoms with Crippen molar-refractivity contribution in [2.24, 2.45) is 0 Å². The topological polar surface area (TPSA) is 12.0 Å². The molecule has 1 aliphatic rings. The van der Waals surface area contributed by atoms with Crippen molar-refractivity contribution in [1.29, 1.82) is 0 Å². The van der Waals surface area contributed by atoms with Crippen molar-refractivity contribution in [2.45, 2.75) is 104 Å². The maximum absolute atomic E-state index is 3.59. The molecule has 3 rings (SSSR count). The van der Waals surface area contributed by atoms with E-state index in [1.807, 2.05) is 0 Å². The van der Waals surface area contributed by atoms with E-state index in [0.717, 1.165) is 6.54 Å². The van der Waals surface area contributed by atoms with Gasteiger partial charge in [-0.3, -0.25) is 0 Å². The molecule has 0 heterocycles. The molecule has 1 N–H and O–H groups in total. The summed E-state index contributed by atoms with van der Waals surface area (Å²) < 4.78 is 0. The number of unbranched alkanes of at least 4 members (excludes halogenated alkanes) is 3. The van der Waals surface area contributed by atoms with Crippen LogP contribution in [0.15, 0.2) is 36.4 Å². The number of hydrogen-bond acceptors (Lipinski definition) is 1. The van der Waals surface area contributed by atoms with Crippen LogP contribution in [0.2, 0.25) is 0 Å². The van der Waals surface area contributed by atoms with Crippen LogP contribution >= 0.6 is 0 Å². The van der Waals surface area contributed by atoms with Crippen molar-refractivity contribution in [2.75, 3.05) is 11.9 Å². The summed E-state index contributed by atoms with van der Waals surface area (Å²) in [6.07, 6.45) is 14.9. The zero-order valence-corrected chi connectivity index (χ0v) is 19.9. The van der Waals surface area contributed by atoms with Gasteiger partial charge in [0, 0.05) is 12.2 Å². The van der Waals surface area contributed by atoms with Gasteiger partial charge in [-0.25, -0.2) is 0 Å². The molecule has 0 atom stereocenters. The minimum absolute atomic E-state index is 0.430. The Labute approximate surface area is 185 Å². The first-order valence-corrected chi connectivity index (χ1v) is 12.6. The van der Waals surface area contributed by atoms with Gasteiger partial charge < -0.3 is 5.32 Å². The van der Waals surface area contributed by atoms with Crippen LogP contribution in [0.3, 0.4) is 0 Å². The molecule has 0 bridgehead atoms. The van der Waals surface area contributed by atoms with Crippen LogP contribution in [-0.2, 0) is 5.41 Å². The average molecular weight is 406 g/mol. The first-order chi connectivity index (χ1) is 14.6. The van der Waals surface area contributed by atoms with Gasteiger partial charge in [0.25, 0.3) is 0 Å². The molecular weight excluding hydrogens is 362 g/mol. The summed E-state index contributed by atoms with van der Waals surface area (Å²) in [6, 6.07) is 14.2. The quantitative estimate of drug-likeness (QED) is 0.389. The van der Waals surface area contributed by atoms with E-state index in [-0.39, 0.29) is 0 Å². The lowest BCUT2D eigenvalue weighted by Crippen LogP contribution is -2.30. The highest BCUT2D eigenvalue weighted by Gasteiger charge is 2.34. The molecule has 0 aromatic heterocycles. The predicted molar refractivity (Wildman–Crippen MR) is 134 cm³/mol. The first kappa shape index (κ1) is 22.9. The fourth-order valence-corrected chi connectivity index (χ4v) is 5.48. The summed E-state index contributed by atoms with van der Waals surface area (Å²) in [5.41, 5.74) is 8.88. The molecule has 0 unspecified atom stereocenters. The number of nitrogens with one attached hydrogen (secondary N) is 1. The predicted octanol–water partition coefficient (Wildman–Crippen LogP) is 8.96. The van der Waals surface area contributed by atoms with E-state index in [0.29, 0.717) is 5.41 Å². The smallest absolute Gasteiger partial charge is 0.0370 e. The van der Waals surface area contributed by atoms with Gasteiger partial charge in [-0.05, 0) is 84.9 Å². The van der Waals surface area contributed by atoms with Crippen molar-refractivity contribution in [3.63, 3.8) is 0 Å². The fraction of sp³-hybridized carbons (Fsp3) is 0.586. The van der Waals surface area contributed by atoms with E-state index < -0.39 is 0 Å². The molecule has 1 heteroatoms. The second-order valence-corrected chi connectivity index (χ2v) is 9.64. The van der Waals surface area contributed by atoms with Crippen LogP contribution in [-0.4, -0.2) is 6.54 Å². The van der Waals surface area contributed by atoms with E-state index in [1.54, 1.807) is 5.56 Å². The molecule has 2 aromatic rings. The van der Waals surface area contributed by atoms with Crippen LogP contribution in [0.4, 0.5) is 5.69 Å². The highest BCUT2D eigenvalue weighted by Crippen LogP contribution is 2.45. The zero-order valence-electron chi connectivity index (χ0n) is 19.9. The average Bonchev–Trinajstić information content (AvgIpc) is 2.75. The number of hydrogen-bond donors (Lipinski definition) is 1. The van der Waals surface area contributed by atoms with Gasteiger partial charge in [0.2, 0.25) is 0 Å². The third-order valence-corrected chi connectivity index (χ3v) is 7.27. The fourth-order valence-electron chi connectivity index (χ4n) is 5.48. The summed E-state index contributed by atoms with van der Waals surface area (Å²) in [4.78, 5) is 0. The molecule has 0 radical (unpaired) electrons. The van der Waals surface area contributed by atoms with Crippen LogP contribution < -0.4 is 5.32 Å². The number of anilines is 1. The highest BCUT2D eigenvalue weighted by atomic mass is 14.9. The van der Waals surface area contributed by atoms with Gasteiger partial charge in [-0.2, -0.15) is 0 Å². The standard InChI is InChI=1S/C29H43N/c1-5-7-10-17-29(18-11-9-12-19-29)27-15-13-25(21-23(27)3)26-14-16-28(24(4)22-26)30-20-8-6-2/h13-16,21-22,30H,5-12,17-20H2,1-4H3. The molecule has 1 fully saturated rings. The normalized spacial score (nSPS) is 15.9. The maximum atomic E-state index is 3.59. The number of rotatable bonds is 10. The Morgan fingerprint density at radius 2 is 1.43 bits per heavy atom. The van der Waals surface area contributed by atoms with Crippen molar-refractivity contribution in [3.05, 3.63) is 53.1 Å². The summed E-state index contributed by atoms with van der Waals surface area (Å²) in [5, 5.41) is 3.59. The number of benzene rings is 2. The minimum atomic E-state index is 0.430. The molecule has 1 saturated carbocycles. The lowest BCUT2D eigenvalue weighted by molar-refractivity contribution is 0.265. The van der Waals surface area contributed by atoms with Crippen molar-refractivity contribution >= 4 is 5.69 Å². The summed E-state index contributed by atoms with van der Waals surface area (Å²) in [6.45, 7) is 10.2. The van der Waals surface area contributed by atoms with Crippen molar-refractivity contribution in [1.82, 2.24) is 0 Å². The molecular formula is C29H43N. The molecule has 0 spiro atoms. The van der Waals surface area contributed by atoms with E-state index in [4.69, 9.17) is 0 Å². The summed E-state index contributed by atoms with van der Waals surface area (Å²) in [7, 11) is 0. The molecule has 164 valence electrons. The monoisotopic (exact) mass is 405 g/mol. The molecule has 1 nitrogen and oxygen atoms in total. The van der Waals surface area contributed by atoms with Crippen LogP contribution in [0, 0.1) is 13.8 Å². The van der Waals surface area contributed by atoms with Gasteiger partial charge in [0.15, 0.2) is 0 Å². The van der Waals surface area contributed by atoms with E-state index in [2.05, 4.69) is 69.4 Å². The van der Waals surface area contributed by atoms with Gasteiger partial charge in [0.05, 0.1) is 0 Å². The van der Waals surface area contributed by atoms with Crippen molar-refractivity contribution in [3.8, 4) is 11.1 Å². The number of aryl methyl sites for hydroxylation is 2. The first-order valence-electron chi connectivity index (χ1n) is 12.6. The molecule has 30 heavy (non-hydrogen) atoms. The lowest BCUT2D eigenvalue weighted by atomic mass is 9.65. The Hall–Kier alpha value is -1.76. The largest absolute Gasteiger partial charge is 0.385 e. The molecule has 2 aromatic carbocycles. The van der Waals surface area contributed by atoms with Gasteiger partial charge in [-0.15, -0.1) is 0 Å². The van der Waals surface area contributed by atoms with Crippen LogP contribution in [0.1, 0.15) is 101 Å². The van der Waals surface area contributed by atoms with Crippen molar-refractivity contribution < 1.29 is 0 Å². The third kappa shape index (κ3) is 5.48. The lowest BCUT2D eigenvalue weighted by Gasteiger charge is -2.39. The minimum Gasteiger partial charge on any atom is -0.385 e. The summed E-state index contributed by atoms with van der Waals surface area (Å²) >= 11 is 0.